The summed E-state index contributed by atoms with van der Waals surface area (Å²) in [5, 5.41) is 4.22. The van der Waals surface area contributed by atoms with Gasteiger partial charge in [0.25, 0.3) is 0 Å². The van der Waals surface area contributed by atoms with E-state index in [-0.39, 0.29) is 22.3 Å². The standard InChI is InChI=1S/C14H9ClFN3O2/c1-21-11-5-4-8(16)7-9(11)12(20)14-17-13(15)10-3-2-6-19(10)18-14/h2-7H,1H3. The van der Waals surface area contributed by atoms with Crippen molar-refractivity contribution in [3.05, 3.63) is 58.9 Å². The Balaban J connectivity index is 2.14. The second-order valence-corrected chi connectivity index (χ2v) is 4.60. The molecule has 0 atom stereocenters. The van der Waals surface area contributed by atoms with Gasteiger partial charge in [0.05, 0.1) is 12.7 Å². The van der Waals surface area contributed by atoms with Crippen LogP contribution in [0.3, 0.4) is 0 Å². The minimum Gasteiger partial charge on any atom is -0.496 e. The number of fused-ring (bicyclic) bond motifs is 1. The third kappa shape index (κ3) is 2.34. The maximum atomic E-state index is 13.4. The van der Waals surface area contributed by atoms with Crippen LogP contribution in [0.5, 0.6) is 5.75 Å². The van der Waals surface area contributed by atoms with Gasteiger partial charge in [-0.3, -0.25) is 4.79 Å². The SMILES string of the molecule is COc1ccc(F)cc1C(=O)c1nc(Cl)c2cccn2n1. The molecular formula is C14H9ClFN3O2. The van der Waals surface area contributed by atoms with Crippen LogP contribution >= 0.6 is 11.6 Å². The number of carbonyl (C=O) groups is 1. The summed E-state index contributed by atoms with van der Waals surface area (Å²) in [7, 11) is 1.40. The van der Waals surface area contributed by atoms with E-state index >= 15 is 0 Å². The molecule has 0 bridgehead atoms. The van der Waals surface area contributed by atoms with Gasteiger partial charge in [-0.25, -0.2) is 13.9 Å². The van der Waals surface area contributed by atoms with Crippen LogP contribution in [0.25, 0.3) is 5.52 Å². The summed E-state index contributed by atoms with van der Waals surface area (Å²) in [5.41, 5.74) is 0.625. The quantitative estimate of drug-likeness (QED) is 0.698. The fourth-order valence-corrected chi connectivity index (χ4v) is 2.20. The van der Waals surface area contributed by atoms with Crippen LogP contribution in [-0.2, 0) is 0 Å². The molecule has 0 N–H and O–H groups in total. The van der Waals surface area contributed by atoms with Gasteiger partial charge >= 0.3 is 0 Å². The number of halogens is 2. The Morgan fingerprint density at radius 2 is 2.19 bits per heavy atom. The first-order valence-corrected chi connectivity index (χ1v) is 6.37. The average molecular weight is 306 g/mol. The zero-order valence-corrected chi connectivity index (χ0v) is 11.6. The summed E-state index contributed by atoms with van der Waals surface area (Å²) < 4.78 is 19.9. The first-order valence-electron chi connectivity index (χ1n) is 5.99. The number of hydrogen-bond acceptors (Lipinski definition) is 4. The van der Waals surface area contributed by atoms with Crippen molar-refractivity contribution in [2.24, 2.45) is 0 Å². The van der Waals surface area contributed by atoms with Gasteiger partial charge in [0, 0.05) is 6.20 Å². The van der Waals surface area contributed by atoms with Crippen LogP contribution in [0, 0.1) is 5.82 Å². The predicted molar refractivity (Wildman–Crippen MR) is 74.4 cm³/mol. The van der Waals surface area contributed by atoms with Crippen molar-refractivity contribution >= 4 is 22.9 Å². The molecule has 0 amide bonds. The third-order valence-electron chi connectivity index (χ3n) is 2.96. The number of ether oxygens (including phenoxy) is 1. The highest BCUT2D eigenvalue weighted by atomic mass is 35.5. The van der Waals surface area contributed by atoms with E-state index in [9.17, 15) is 9.18 Å². The van der Waals surface area contributed by atoms with Gasteiger partial charge in [-0.15, -0.1) is 5.10 Å². The molecule has 0 spiro atoms. The van der Waals surface area contributed by atoms with Crippen LogP contribution in [0.2, 0.25) is 5.15 Å². The predicted octanol–water partition coefficient (Wildman–Crippen LogP) is 2.76. The van der Waals surface area contributed by atoms with Crippen LogP contribution < -0.4 is 4.74 Å². The van der Waals surface area contributed by atoms with Crippen LogP contribution in [0.4, 0.5) is 4.39 Å². The molecular weight excluding hydrogens is 297 g/mol. The van der Waals surface area contributed by atoms with Gasteiger partial charge < -0.3 is 4.74 Å². The summed E-state index contributed by atoms with van der Waals surface area (Å²) in [6, 6.07) is 7.11. The van der Waals surface area contributed by atoms with Gasteiger partial charge in [0.1, 0.15) is 17.1 Å². The molecule has 21 heavy (non-hydrogen) atoms. The second kappa shape index (κ2) is 5.14. The van der Waals surface area contributed by atoms with E-state index in [1.54, 1.807) is 18.3 Å². The van der Waals surface area contributed by atoms with Crippen molar-refractivity contribution < 1.29 is 13.9 Å². The molecule has 1 aromatic carbocycles. The fraction of sp³-hybridized carbons (Fsp3) is 0.0714. The zero-order valence-electron chi connectivity index (χ0n) is 10.9. The van der Waals surface area contributed by atoms with Crippen molar-refractivity contribution in [3.63, 3.8) is 0 Å². The molecule has 0 unspecified atom stereocenters. The highest BCUT2D eigenvalue weighted by Gasteiger charge is 2.20. The van der Waals surface area contributed by atoms with E-state index in [0.717, 1.165) is 6.07 Å². The van der Waals surface area contributed by atoms with Crippen LogP contribution in [-0.4, -0.2) is 27.5 Å². The zero-order chi connectivity index (χ0) is 15.0. The normalized spacial score (nSPS) is 10.8. The van der Waals surface area contributed by atoms with Gasteiger partial charge in [0.15, 0.2) is 5.15 Å². The minimum atomic E-state index is -0.566. The maximum Gasteiger partial charge on any atom is 0.235 e. The summed E-state index contributed by atoms with van der Waals surface area (Å²) in [5.74, 6) is -1.00. The molecule has 3 rings (SSSR count). The number of carbonyl (C=O) groups excluding carboxylic acids is 1. The lowest BCUT2D eigenvalue weighted by molar-refractivity contribution is 0.102. The van der Waals surface area contributed by atoms with Crippen molar-refractivity contribution in [3.8, 4) is 5.75 Å². The number of methoxy groups -OCH3 is 1. The van der Waals surface area contributed by atoms with E-state index in [1.807, 2.05) is 0 Å². The van der Waals surface area contributed by atoms with Crippen LogP contribution in [0.1, 0.15) is 16.2 Å². The molecule has 7 heteroatoms. The molecule has 0 aliphatic carbocycles. The first-order chi connectivity index (χ1) is 10.1. The number of ketones is 1. The number of nitrogens with zero attached hydrogens (tertiary/aromatic N) is 3. The summed E-state index contributed by atoms with van der Waals surface area (Å²) >= 11 is 6.01. The molecule has 5 nitrogen and oxygen atoms in total. The molecule has 0 saturated carbocycles. The van der Waals surface area contributed by atoms with Crippen molar-refractivity contribution in [1.29, 1.82) is 0 Å². The molecule has 3 aromatic rings. The molecule has 2 aromatic heterocycles. The van der Waals surface area contributed by atoms with Crippen molar-refractivity contribution in [2.45, 2.75) is 0 Å². The number of rotatable bonds is 3. The molecule has 0 aliphatic rings. The second-order valence-electron chi connectivity index (χ2n) is 4.24. The lowest BCUT2D eigenvalue weighted by Crippen LogP contribution is -2.12. The molecule has 2 heterocycles. The van der Waals surface area contributed by atoms with Gasteiger partial charge in [-0.1, -0.05) is 11.6 Å². The Morgan fingerprint density at radius 3 is 2.95 bits per heavy atom. The Hall–Kier alpha value is -2.47. The van der Waals surface area contributed by atoms with E-state index in [1.165, 1.54) is 23.8 Å². The Morgan fingerprint density at radius 1 is 1.38 bits per heavy atom. The molecule has 0 radical (unpaired) electrons. The molecule has 106 valence electrons. The molecule has 0 saturated heterocycles. The molecule has 0 aliphatic heterocycles. The van der Waals surface area contributed by atoms with Crippen molar-refractivity contribution in [1.82, 2.24) is 14.6 Å². The third-order valence-corrected chi connectivity index (χ3v) is 3.23. The number of aromatic nitrogens is 3. The van der Waals surface area contributed by atoms with E-state index < -0.39 is 11.6 Å². The fourth-order valence-electron chi connectivity index (χ4n) is 1.97. The summed E-state index contributed by atoms with van der Waals surface area (Å²) in [6.45, 7) is 0. The maximum absolute atomic E-state index is 13.4. The first kappa shape index (κ1) is 13.5. The van der Waals surface area contributed by atoms with Gasteiger partial charge in [0.2, 0.25) is 11.6 Å². The van der Waals surface area contributed by atoms with Gasteiger partial charge in [-0.2, -0.15) is 0 Å². The minimum absolute atomic E-state index is 0.0417. The number of hydrogen-bond donors (Lipinski definition) is 0. The highest BCUT2D eigenvalue weighted by molar-refractivity contribution is 6.32. The topological polar surface area (TPSA) is 56.5 Å². The Kier molecular flexibility index (Phi) is 3.31. The number of benzene rings is 1. The Labute approximate surface area is 123 Å². The molecule has 0 fully saturated rings. The van der Waals surface area contributed by atoms with Gasteiger partial charge in [-0.05, 0) is 30.3 Å². The van der Waals surface area contributed by atoms with E-state index in [4.69, 9.17) is 16.3 Å². The lowest BCUT2D eigenvalue weighted by Gasteiger charge is -2.07. The Bertz CT molecular complexity index is 847. The highest BCUT2D eigenvalue weighted by Crippen LogP contribution is 2.22. The summed E-state index contributed by atoms with van der Waals surface area (Å²) in [6.07, 6.45) is 1.64. The van der Waals surface area contributed by atoms with E-state index in [2.05, 4.69) is 10.1 Å². The largest absolute Gasteiger partial charge is 0.496 e. The lowest BCUT2D eigenvalue weighted by atomic mass is 10.1. The van der Waals surface area contributed by atoms with Crippen LogP contribution in [0.15, 0.2) is 36.5 Å². The van der Waals surface area contributed by atoms with E-state index in [0.29, 0.717) is 5.52 Å². The average Bonchev–Trinajstić information content (AvgIpc) is 2.95. The smallest absolute Gasteiger partial charge is 0.235 e. The summed E-state index contributed by atoms with van der Waals surface area (Å²) in [4.78, 5) is 16.4. The van der Waals surface area contributed by atoms with Crippen molar-refractivity contribution in [2.75, 3.05) is 7.11 Å². The monoisotopic (exact) mass is 305 g/mol.